The molecule has 122 valence electrons. The fourth-order valence-corrected chi connectivity index (χ4v) is 2.97. The number of carbonyl (C=O) groups excluding carboxylic acids is 2. The van der Waals surface area contributed by atoms with E-state index < -0.39 is 5.91 Å². The van der Waals surface area contributed by atoms with Crippen LogP contribution in [0.2, 0.25) is 0 Å². The maximum Gasteiger partial charge on any atom is 0.265 e. The Morgan fingerprint density at radius 1 is 1.25 bits per heavy atom. The molecule has 3 aromatic rings. The molecule has 2 heterocycles. The summed E-state index contributed by atoms with van der Waals surface area (Å²) in [4.78, 5) is 30.3. The first-order chi connectivity index (χ1) is 11.6. The van der Waals surface area contributed by atoms with Gasteiger partial charge < -0.3 is 16.0 Å². The number of aromatic nitrogens is 2. The van der Waals surface area contributed by atoms with E-state index in [9.17, 15) is 9.59 Å². The third-order valence-corrected chi connectivity index (χ3v) is 4.24. The number of nitrogens with zero attached hydrogens (tertiary/aromatic N) is 1. The van der Waals surface area contributed by atoms with Crippen molar-refractivity contribution in [2.24, 2.45) is 5.73 Å². The van der Waals surface area contributed by atoms with Crippen molar-refractivity contribution in [3.05, 3.63) is 59.2 Å². The molecule has 0 aliphatic heterocycles. The zero-order valence-electron chi connectivity index (χ0n) is 12.8. The minimum Gasteiger partial charge on any atom is -0.364 e. The van der Waals surface area contributed by atoms with E-state index >= 15 is 0 Å². The smallest absolute Gasteiger partial charge is 0.265 e. The quantitative estimate of drug-likeness (QED) is 0.643. The van der Waals surface area contributed by atoms with E-state index in [1.165, 1.54) is 11.3 Å². The van der Waals surface area contributed by atoms with Crippen molar-refractivity contribution in [2.75, 3.05) is 5.32 Å². The average molecular weight is 340 g/mol. The topological polar surface area (TPSA) is 101 Å². The lowest BCUT2D eigenvalue weighted by Gasteiger charge is -2.02. The zero-order chi connectivity index (χ0) is 16.9. The molecule has 0 atom stereocenters. The number of nitrogens with two attached hydrogens (primary N) is 1. The lowest BCUT2D eigenvalue weighted by atomic mass is 10.1. The Hall–Kier alpha value is -2.93. The van der Waals surface area contributed by atoms with Crippen molar-refractivity contribution in [3.63, 3.8) is 0 Å². The van der Waals surface area contributed by atoms with Crippen LogP contribution in [0.4, 0.5) is 5.13 Å². The summed E-state index contributed by atoms with van der Waals surface area (Å²) < 4.78 is 0. The van der Waals surface area contributed by atoms with Crippen LogP contribution in [0, 0.1) is 0 Å². The molecule has 0 aliphatic carbocycles. The van der Waals surface area contributed by atoms with E-state index in [-0.39, 0.29) is 5.91 Å². The molecular weight excluding hydrogens is 324 g/mol. The largest absolute Gasteiger partial charge is 0.364 e. The Morgan fingerprint density at radius 3 is 2.75 bits per heavy atom. The van der Waals surface area contributed by atoms with Gasteiger partial charge in [-0.15, -0.1) is 11.3 Å². The van der Waals surface area contributed by atoms with Crippen LogP contribution in [-0.4, -0.2) is 21.8 Å². The number of aromatic amines is 1. The first-order valence-electron chi connectivity index (χ1n) is 7.40. The highest BCUT2D eigenvalue weighted by Gasteiger charge is 2.11. The third-order valence-electron chi connectivity index (χ3n) is 3.48. The Bertz CT molecular complexity index is 854. The number of hydrogen-bond donors (Lipinski definition) is 3. The Labute approximate surface area is 142 Å². The van der Waals surface area contributed by atoms with Gasteiger partial charge in [-0.05, 0) is 18.1 Å². The lowest BCUT2D eigenvalue weighted by Crippen LogP contribution is -2.12. The van der Waals surface area contributed by atoms with Crippen molar-refractivity contribution >= 4 is 28.3 Å². The van der Waals surface area contributed by atoms with Gasteiger partial charge in [-0.25, -0.2) is 4.98 Å². The van der Waals surface area contributed by atoms with Crippen molar-refractivity contribution in [1.29, 1.82) is 0 Å². The van der Waals surface area contributed by atoms with Crippen LogP contribution in [0.1, 0.15) is 22.5 Å². The Morgan fingerprint density at radius 2 is 2.04 bits per heavy atom. The number of rotatable bonds is 6. The molecule has 0 saturated carbocycles. The van der Waals surface area contributed by atoms with E-state index in [0.29, 0.717) is 29.4 Å². The third kappa shape index (κ3) is 3.88. The maximum atomic E-state index is 12.0. The van der Waals surface area contributed by atoms with Crippen LogP contribution in [0.3, 0.4) is 0 Å². The second kappa shape index (κ2) is 7.10. The molecule has 0 spiro atoms. The molecule has 0 unspecified atom stereocenters. The molecule has 3 rings (SSSR count). The van der Waals surface area contributed by atoms with E-state index in [4.69, 9.17) is 5.73 Å². The molecule has 0 saturated heterocycles. The molecular formula is C17H16N4O2S. The predicted molar refractivity (Wildman–Crippen MR) is 93.8 cm³/mol. The molecule has 4 N–H and O–H groups in total. The standard InChI is InChI=1S/C17H16N4O2S/c18-16(23)13-8-12(9-19-13)14-10-24-17(20-14)21-15(22)7-6-11-4-2-1-3-5-11/h1-5,8-10,19H,6-7H2,(H2,18,23)(H,20,21,22). The number of carbonyl (C=O) groups is 2. The number of hydrogen-bond acceptors (Lipinski definition) is 4. The normalized spacial score (nSPS) is 10.5. The van der Waals surface area contributed by atoms with Crippen LogP contribution in [0.15, 0.2) is 48.0 Å². The van der Waals surface area contributed by atoms with Crippen molar-refractivity contribution in [2.45, 2.75) is 12.8 Å². The number of anilines is 1. The van der Waals surface area contributed by atoms with Gasteiger partial charge >= 0.3 is 0 Å². The van der Waals surface area contributed by atoms with Gasteiger partial charge in [0, 0.05) is 23.6 Å². The molecule has 24 heavy (non-hydrogen) atoms. The molecule has 6 nitrogen and oxygen atoms in total. The number of H-pyrrole nitrogens is 1. The highest BCUT2D eigenvalue weighted by atomic mass is 32.1. The first kappa shape index (κ1) is 15.9. The molecule has 0 bridgehead atoms. The Kier molecular flexibility index (Phi) is 4.72. The van der Waals surface area contributed by atoms with Crippen LogP contribution in [-0.2, 0) is 11.2 Å². The van der Waals surface area contributed by atoms with Gasteiger partial charge in [-0.1, -0.05) is 30.3 Å². The number of thiazole rings is 1. The summed E-state index contributed by atoms with van der Waals surface area (Å²) in [5.41, 5.74) is 8.10. The van der Waals surface area contributed by atoms with Crippen molar-refractivity contribution in [3.8, 4) is 11.3 Å². The van der Waals surface area contributed by atoms with Gasteiger partial charge in [0.25, 0.3) is 5.91 Å². The summed E-state index contributed by atoms with van der Waals surface area (Å²) in [6.45, 7) is 0. The maximum absolute atomic E-state index is 12.0. The number of nitrogens with one attached hydrogen (secondary N) is 2. The summed E-state index contributed by atoms with van der Waals surface area (Å²) in [7, 11) is 0. The minimum atomic E-state index is -0.522. The van der Waals surface area contributed by atoms with E-state index in [2.05, 4.69) is 15.3 Å². The van der Waals surface area contributed by atoms with E-state index in [1.54, 1.807) is 12.3 Å². The first-order valence-corrected chi connectivity index (χ1v) is 8.27. The van der Waals surface area contributed by atoms with Gasteiger partial charge in [0.2, 0.25) is 5.91 Å². The fraction of sp³-hybridized carbons (Fsp3) is 0.118. The molecule has 0 radical (unpaired) electrons. The van der Waals surface area contributed by atoms with Crippen LogP contribution < -0.4 is 11.1 Å². The average Bonchev–Trinajstić information content (AvgIpc) is 3.23. The van der Waals surface area contributed by atoms with Gasteiger partial charge in [0.05, 0.1) is 5.69 Å². The van der Waals surface area contributed by atoms with Gasteiger partial charge in [0.1, 0.15) is 5.69 Å². The van der Waals surface area contributed by atoms with Gasteiger partial charge in [-0.3, -0.25) is 9.59 Å². The highest BCUT2D eigenvalue weighted by Crippen LogP contribution is 2.25. The fourth-order valence-electron chi connectivity index (χ4n) is 2.23. The summed E-state index contributed by atoms with van der Waals surface area (Å²) in [6, 6.07) is 11.5. The molecule has 2 aromatic heterocycles. The van der Waals surface area contributed by atoms with E-state index in [1.807, 2.05) is 35.7 Å². The number of benzene rings is 1. The van der Waals surface area contributed by atoms with Crippen LogP contribution in [0.5, 0.6) is 0 Å². The molecule has 1 aromatic carbocycles. The number of amides is 2. The van der Waals surface area contributed by atoms with Crippen LogP contribution >= 0.6 is 11.3 Å². The van der Waals surface area contributed by atoms with Crippen molar-refractivity contribution < 1.29 is 9.59 Å². The van der Waals surface area contributed by atoms with Crippen molar-refractivity contribution in [1.82, 2.24) is 9.97 Å². The Balaban J connectivity index is 1.59. The monoisotopic (exact) mass is 340 g/mol. The molecule has 0 aliphatic rings. The molecule has 7 heteroatoms. The SMILES string of the molecule is NC(=O)c1cc(-c2csc(NC(=O)CCc3ccccc3)n2)c[nH]1. The minimum absolute atomic E-state index is 0.0772. The number of primary amides is 1. The van der Waals surface area contributed by atoms with Crippen LogP contribution in [0.25, 0.3) is 11.3 Å². The summed E-state index contributed by atoms with van der Waals surface area (Å²) in [6.07, 6.45) is 2.75. The summed E-state index contributed by atoms with van der Waals surface area (Å²) in [5.74, 6) is -0.599. The highest BCUT2D eigenvalue weighted by molar-refractivity contribution is 7.14. The van der Waals surface area contributed by atoms with Gasteiger partial charge in [0.15, 0.2) is 5.13 Å². The van der Waals surface area contributed by atoms with E-state index in [0.717, 1.165) is 11.1 Å². The van der Waals surface area contributed by atoms with Gasteiger partial charge in [-0.2, -0.15) is 0 Å². The zero-order valence-corrected chi connectivity index (χ0v) is 13.6. The second-order valence-electron chi connectivity index (χ2n) is 5.24. The summed E-state index contributed by atoms with van der Waals surface area (Å²) in [5, 5.41) is 5.15. The second-order valence-corrected chi connectivity index (χ2v) is 6.10. The molecule has 2 amide bonds. The lowest BCUT2D eigenvalue weighted by molar-refractivity contribution is -0.116. The summed E-state index contributed by atoms with van der Waals surface area (Å²) >= 11 is 1.34. The number of aryl methyl sites for hydroxylation is 1. The predicted octanol–water partition coefficient (Wildman–Crippen LogP) is 2.81. The molecule has 0 fully saturated rings.